The largest absolute Gasteiger partial charge is 1.00 e. The number of benzene rings is 1. The van der Waals surface area contributed by atoms with E-state index in [0.717, 1.165) is 22.3 Å². The Morgan fingerprint density at radius 2 is 1.22 bits per heavy atom. The van der Waals surface area contributed by atoms with Gasteiger partial charge in [-0.1, -0.05) is 88.8 Å². The van der Waals surface area contributed by atoms with Crippen LogP contribution in [0.1, 0.15) is 90.1 Å². The molecule has 0 saturated heterocycles. The van der Waals surface area contributed by atoms with Crippen LogP contribution in [0.3, 0.4) is 0 Å². The zero-order chi connectivity index (χ0) is 27.4. The molecule has 0 N–H and O–H groups in total. The third kappa shape index (κ3) is 23.2. The summed E-state index contributed by atoms with van der Waals surface area (Å²) in [7, 11) is -11.4. The van der Waals surface area contributed by atoms with Crippen molar-refractivity contribution in [2.75, 3.05) is 0 Å². The summed E-state index contributed by atoms with van der Waals surface area (Å²) in [5.74, 6) is -1.11. The van der Waals surface area contributed by atoms with E-state index in [1.807, 2.05) is 26.8 Å². The smallest absolute Gasteiger partial charge is 0.810 e. The van der Waals surface area contributed by atoms with Crippen LogP contribution in [0.5, 0.6) is 0 Å². The van der Waals surface area contributed by atoms with Crippen molar-refractivity contribution >= 4 is 21.2 Å². The van der Waals surface area contributed by atoms with E-state index in [-0.39, 0.29) is 161 Å². The Morgan fingerprint density at radius 3 is 1.54 bits per heavy atom. The van der Waals surface area contributed by atoms with E-state index in [4.69, 9.17) is 0 Å². The van der Waals surface area contributed by atoms with Gasteiger partial charge in [-0.15, -0.1) is 0 Å². The first-order chi connectivity index (χ1) is 16.0. The number of carboxylic acids is 1. The molecular weight excluding hydrogens is 617 g/mol. The molecule has 0 fully saturated rings. The van der Waals surface area contributed by atoms with E-state index >= 15 is 0 Å². The maximum absolute atomic E-state index is 11.7. The maximum atomic E-state index is 11.7. The van der Waals surface area contributed by atoms with Crippen LogP contribution in [0.4, 0.5) is 0 Å². The molecule has 0 aliphatic rings. The van der Waals surface area contributed by atoms with E-state index in [0.29, 0.717) is 19.3 Å². The van der Waals surface area contributed by atoms with Gasteiger partial charge in [-0.05, 0) is 72.3 Å². The standard InChI is InChI=1S/C17H32O6P2.C8H8O2.CH4.5Na/c1-6-15(4)10-12-17(24(18,19)20,25(21,22)23)13-11-16(5)9-7-8-14(2)3;1-6-4-2-3-5-7(6)8(9)10;;;;;;/h8,10-11H,6-7,9,12-13H2,1-5H3,(H2,18,19,20)(H2,21,22,23);2-5H,1H3,(H,9,10);1H4;;;;;/q;;;5*+1/p-5/b15-10+,16-11+;;;;;;;. The van der Waals surface area contributed by atoms with Crippen LogP contribution in [0.15, 0.2) is 59.2 Å². The molecule has 0 aliphatic heterocycles. The van der Waals surface area contributed by atoms with Crippen molar-refractivity contribution in [3.05, 3.63) is 70.3 Å². The van der Waals surface area contributed by atoms with Crippen LogP contribution in [-0.4, -0.2) is 10.9 Å². The van der Waals surface area contributed by atoms with Crippen LogP contribution in [0.25, 0.3) is 0 Å². The number of aryl methyl sites for hydroxylation is 1. The first kappa shape index (κ1) is 59.6. The minimum absolute atomic E-state index is 0. The van der Waals surface area contributed by atoms with Crippen molar-refractivity contribution in [1.29, 1.82) is 0 Å². The van der Waals surface area contributed by atoms with Gasteiger partial charge >= 0.3 is 148 Å². The van der Waals surface area contributed by atoms with Crippen molar-refractivity contribution in [2.45, 2.75) is 86.0 Å². The van der Waals surface area contributed by atoms with Crippen molar-refractivity contribution in [3.8, 4) is 0 Å². The van der Waals surface area contributed by atoms with Gasteiger partial charge in [0.25, 0.3) is 0 Å². The minimum Gasteiger partial charge on any atom is -0.810 e. The Bertz CT molecular complexity index is 1020. The van der Waals surface area contributed by atoms with Crippen LogP contribution in [0.2, 0.25) is 0 Å². The first-order valence-electron chi connectivity index (χ1n) is 11.2. The summed E-state index contributed by atoms with van der Waals surface area (Å²) in [6.07, 6.45) is 5.39. The fourth-order valence-corrected chi connectivity index (χ4v) is 5.45. The number of rotatable bonds is 11. The molecule has 1 rings (SSSR count). The van der Waals surface area contributed by atoms with Crippen LogP contribution >= 0.6 is 15.2 Å². The summed E-state index contributed by atoms with van der Waals surface area (Å²) in [6, 6.07) is 6.75. The number of carbonyl (C=O) groups is 1. The zero-order valence-corrected chi connectivity index (χ0v) is 38.0. The van der Waals surface area contributed by atoms with E-state index < -0.39 is 38.9 Å². The fourth-order valence-electron chi connectivity index (χ4n) is 2.99. The molecule has 41 heavy (non-hydrogen) atoms. The van der Waals surface area contributed by atoms with Crippen molar-refractivity contribution in [2.24, 2.45) is 0 Å². The van der Waals surface area contributed by atoms with Gasteiger partial charge < -0.3 is 38.6 Å². The normalized spacial score (nSPS) is 11.2. The van der Waals surface area contributed by atoms with Crippen LogP contribution < -0.4 is 172 Å². The Kier molecular flexibility index (Phi) is 42.7. The summed E-state index contributed by atoms with van der Waals surface area (Å²) >= 11 is 0. The van der Waals surface area contributed by atoms with Gasteiger partial charge in [0.15, 0.2) is 0 Å². The van der Waals surface area contributed by atoms with Gasteiger partial charge in [0, 0.05) is 10.5 Å². The quantitative estimate of drug-likeness (QED) is 0.129. The van der Waals surface area contributed by atoms with E-state index in [9.17, 15) is 38.6 Å². The number of aromatic carboxylic acids is 1. The van der Waals surface area contributed by atoms with Gasteiger partial charge in [-0.2, -0.15) is 0 Å². The summed E-state index contributed by atoms with van der Waals surface area (Å²) in [5.41, 5.74) is 3.59. The molecule has 1 aromatic rings. The summed E-state index contributed by atoms with van der Waals surface area (Å²) < 4.78 is 23.5. The number of allylic oxidation sites excluding steroid dienone is 6. The Balaban J connectivity index is -0.000000124. The van der Waals surface area contributed by atoms with Crippen molar-refractivity contribution in [3.63, 3.8) is 0 Å². The number of carboxylic acid groups (broad SMARTS) is 1. The average molecular weight is 656 g/mol. The Labute approximate surface area is 358 Å². The third-order valence-corrected chi connectivity index (χ3v) is 9.83. The predicted octanol–water partition coefficient (Wildman–Crippen LogP) is -11.6. The predicted molar refractivity (Wildman–Crippen MR) is 136 cm³/mol. The molecule has 15 heteroatoms. The van der Waals surface area contributed by atoms with E-state index in [1.165, 1.54) is 18.2 Å². The molecule has 0 unspecified atom stereocenters. The Morgan fingerprint density at radius 1 is 0.805 bits per heavy atom. The topological polar surface area (TPSA) is 167 Å². The number of hydrogen-bond donors (Lipinski definition) is 0. The second kappa shape index (κ2) is 29.4. The van der Waals surface area contributed by atoms with Gasteiger partial charge in [0.1, 0.15) is 0 Å². The van der Waals surface area contributed by atoms with Gasteiger partial charge in [-0.3, -0.25) is 0 Å². The van der Waals surface area contributed by atoms with E-state index in [1.54, 1.807) is 39.0 Å². The molecule has 0 bridgehead atoms. The summed E-state index contributed by atoms with van der Waals surface area (Å²) in [4.78, 5) is 54.5. The van der Waals surface area contributed by atoms with Crippen LogP contribution in [0, 0.1) is 6.92 Å². The molecule has 0 radical (unpaired) electrons. The molecule has 0 atom stereocenters. The molecule has 0 heterocycles. The minimum atomic E-state index is -5.68. The molecule has 0 aromatic heterocycles. The summed E-state index contributed by atoms with van der Waals surface area (Å²) in [5, 5.41) is 10.3. The van der Waals surface area contributed by atoms with Crippen LogP contribution in [-0.2, 0) is 9.13 Å². The molecular formula is C26H39Na5O8P2. The Hall–Kier alpha value is 3.21. The SMILES string of the molecule is C.CC/C(C)=C/CC(C/C=C(\C)CCC=C(C)C)(P(=O)([O-])[O-])P(=O)([O-])[O-].Cc1ccccc1C(=O)[O-].[Na+].[Na+].[Na+].[Na+].[Na+]. The monoisotopic (exact) mass is 656 g/mol. The van der Waals surface area contributed by atoms with Gasteiger partial charge in [0.05, 0.1) is 5.97 Å². The van der Waals surface area contributed by atoms with Crippen molar-refractivity contribution < 1.29 is 186 Å². The van der Waals surface area contributed by atoms with Gasteiger partial charge in [0.2, 0.25) is 0 Å². The molecule has 0 spiro atoms. The van der Waals surface area contributed by atoms with Crippen molar-refractivity contribution in [1.82, 2.24) is 0 Å². The molecule has 1 aromatic carbocycles. The number of hydrogen-bond acceptors (Lipinski definition) is 8. The number of carbonyl (C=O) groups excluding carboxylic acids is 1. The maximum Gasteiger partial charge on any atom is 1.00 e. The fraction of sp³-hybridized carbons (Fsp3) is 0.500. The third-order valence-electron chi connectivity index (χ3n) is 5.59. The average Bonchev–Trinajstić information content (AvgIpc) is 2.72. The second-order valence-corrected chi connectivity index (χ2v) is 12.8. The van der Waals surface area contributed by atoms with E-state index in [2.05, 4.69) is 0 Å². The second-order valence-electron chi connectivity index (χ2n) is 8.76. The molecule has 8 nitrogen and oxygen atoms in total. The first-order valence-corrected chi connectivity index (χ1v) is 14.3. The molecule has 0 saturated carbocycles. The van der Waals surface area contributed by atoms with Gasteiger partial charge in [-0.25, -0.2) is 0 Å². The zero-order valence-electron chi connectivity index (χ0n) is 26.2. The molecule has 0 aliphatic carbocycles. The molecule has 0 amide bonds. The summed E-state index contributed by atoms with van der Waals surface area (Å²) in [6.45, 7) is 10.9. The molecule has 206 valence electrons.